The molecule has 0 aliphatic rings. The van der Waals surface area contributed by atoms with Gasteiger partial charge in [-0.25, -0.2) is 4.79 Å². The summed E-state index contributed by atoms with van der Waals surface area (Å²) in [6.07, 6.45) is 5.05. The van der Waals surface area contributed by atoms with E-state index in [-0.39, 0.29) is 18.9 Å². The van der Waals surface area contributed by atoms with Gasteiger partial charge in [-0.1, -0.05) is 55.0 Å². The normalized spacial score (nSPS) is 13.4. The first-order valence-electron chi connectivity index (χ1n) is 13.6. The van der Waals surface area contributed by atoms with Gasteiger partial charge in [0, 0.05) is 23.5 Å². The molecule has 0 spiro atoms. The smallest absolute Gasteiger partial charge is 0.328 e. The number of nitrogens with two attached hydrogens (primary N) is 1. The minimum atomic E-state index is -0.897. The van der Waals surface area contributed by atoms with Crippen molar-refractivity contribution in [2.45, 2.75) is 63.6 Å². The molecule has 3 atom stereocenters. The van der Waals surface area contributed by atoms with Crippen molar-refractivity contribution in [3.05, 3.63) is 71.9 Å². The van der Waals surface area contributed by atoms with E-state index in [2.05, 4.69) is 15.6 Å². The summed E-state index contributed by atoms with van der Waals surface area (Å²) in [5.74, 6) is -1.33. The van der Waals surface area contributed by atoms with Crippen molar-refractivity contribution in [3.63, 3.8) is 0 Å². The van der Waals surface area contributed by atoms with Gasteiger partial charge in [0.05, 0.1) is 19.8 Å². The van der Waals surface area contributed by atoms with E-state index in [9.17, 15) is 14.4 Å². The number of amides is 1. The van der Waals surface area contributed by atoms with E-state index in [1.54, 1.807) is 6.92 Å². The van der Waals surface area contributed by atoms with Crippen molar-refractivity contribution < 1.29 is 23.9 Å². The fourth-order valence-corrected chi connectivity index (χ4v) is 4.62. The number of fused-ring (bicyclic) bond motifs is 1. The Morgan fingerprint density at radius 2 is 1.67 bits per heavy atom. The summed E-state index contributed by atoms with van der Waals surface area (Å²) in [6.45, 7) is 2.49. The average molecular weight is 537 g/mol. The highest BCUT2D eigenvalue weighted by atomic mass is 16.5. The molecule has 5 N–H and O–H groups in total. The van der Waals surface area contributed by atoms with Crippen LogP contribution in [0.25, 0.3) is 10.9 Å². The zero-order valence-electron chi connectivity index (χ0n) is 22.8. The predicted molar refractivity (Wildman–Crippen MR) is 151 cm³/mol. The number of H-pyrrole nitrogens is 1. The zero-order chi connectivity index (χ0) is 28.0. The second-order valence-corrected chi connectivity index (χ2v) is 9.48. The SMILES string of the molecule is CCOC(=O)[C@H](CCc1ccccc1)N[C@@H](CCCCN)C(=O)N[C@@H](Cc1c[nH]c2ccccc12)C(=O)OC. The van der Waals surface area contributed by atoms with Crippen molar-refractivity contribution in [3.8, 4) is 0 Å². The molecule has 0 fully saturated rings. The Balaban J connectivity index is 1.77. The first-order chi connectivity index (χ1) is 19.0. The number of para-hydroxylation sites is 1. The molecule has 39 heavy (non-hydrogen) atoms. The summed E-state index contributed by atoms with van der Waals surface area (Å²) >= 11 is 0. The molecule has 0 saturated heterocycles. The topological polar surface area (TPSA) is 136 Å². The monoisotopic (exact) mass is 536 g/mol. The lowest BCUT2D eigenvalue weighted by molar-refractivity contribution is -0.147. The Labute approximate surface area is 229 Å². The lowest BCUT2D eigenvalue weighted by Crippen LogP contribution is -2.55. The Morgan fingerprint density at radius 1 is 0.923 bits per heavy atom. The van der Waals surface area contributed by atoms with Crippen molar-refractivity contribution in [1.82, 2.24) is 15.6 Å². The number of esters is 2. The Kier molecular flexibility index (Phi) is 12.0. The van der Waals surface area contributed by atoms with Crippen LogP contribution in [-0.4, -0.2) is 61.2 Å². The molecule has 3 aromatic rings. The van der Waals surface area contributed by atoms with Gasteiger partial charge in [0.15, 0.2) is 0 Å². The molecule has 9 nitrogen and oxygen atoms in total. The first-order valence-corrected chi connectivity index (χ1v) is 13.6. The molecule has 0 saturated carbocycles. The Bertz CT molecular complexity index is 1200. The van der Waals surface area contributed by atoms with Crippen LogP contribution in [0.4, 0.5) is 0 Å². The number of carbonyl (C=O) groups excluding carboxylic acids is 3. The maximum atomic E-state index is 13.6. The minimum absolute atomic E-state index is 0.238. The second-order valence-electron chi connectivity index (χ2n) is 9.48. The molecule has 3 rings (SSSR count). The maximum Gasteiger partial charge on any atom is 0.328 e. The standard InChI is InChI=1S/C30H40N4O5/c1-3-39-30(37)26(17-16-21-11-5-4-6-12-21)33-25(15-9-10-18-31)28(35)34-27(29(36)38-2)19-22-20-32-24-14-8-7-13-23(22)24/h4-8,11-14,20,25-27,32-33H,3,9-10,15-19,31H2,1-2H3,(H,34,35)/t25-,26-,27-/m0/s1. The zero-order valence-corrected chi connectivity index (χ0v) is 22.8. The van der Waals surface area contributed by atoms with Gasteiger partial charge in [0.2, 0.25) is 5.91 Å². The number of hydrogen-bond donors (Lipinski definition) is 4. The molecule has 2 aromatic carbocycles. The van der Waals surface area contributed by atoms with E-state index < -0.39 is 30.1 Å². The molecule has 0 aliphatic heterocycles. The lowest BCUT2D eigenvalue weighted by atomic mass is 10.0. The van der Waals surface area contributed by atoms with E-state index in [0.29, 0.717) is 32.2 Å². The molecular weight excluding hydrogens is 496 g/mol. The van der Waals surface area contributed by atoms with Crippen LogP contribution in [-0.2, 0) is 36.7 Å². The number of aromatic nitrogens is 1. The number of hydrogen-bond acceptors (Lipinski definition) is 7. The van der Waals surface area contributed by atoms with Crippen LogP contribution in [0, 0.1) is 0 Å². The molecule has 1 amide bonds. The fraction of sp³-hybridized carbons (Fsp3) is 0.433. The van der Waals surface area contributed by atoms with Gasteiger partial charge in [0.25, 0.3) is 0 Å². The largest absolute Gasteiger partial charge is 0.467 e. The molecule has 9 heteroatoms. The number of carbonyl (C=O) groups is 3. The third-order valence-electron chi connectivity index (χ3n) is 6.70. The third kappa shape index (κ3) is 8.94. The van der Waals surface area contributed by atoms with E-state index in [1.807, 2.05) is 60.8 Å². The number of ether oxygens (including phenoxy) is 2. The molecule has 0 radical (unpaired) electrons. The number of unbranched alkanes of at least 4 members (excludes halogenated alkanes) is 1. The van der Waals surface area contributed by atoms with Crippen molar-refractivity contribution in [2.24, 2.45) is 5.73 Å². The number of benzene rings is 2. The molecular formula is C30H40N4O5. The van der Waals surface area contributed by atoms with Crippen LogP contribution in [0.2, 0.25) is 0 Å². The molecule has 210 valence electrons. The van der Waals surface area contributed by atoms with Gasteiger partial charge in [0.1, 0.15) is 12.1 Å². The number of methoxy groups -OCH3 is 1. The van der Waals surface area contributed by atoms with Crippen LogP contribution in [0.15, 0.2) is 60.8 Å². The molecule has 0 bridgehead atoms. The number of aryl methyl sites for hydroxylation is 1. The summed E-state index contributed by atoms with van der Waals surface area (Å²) in [5, 5.41) is 7.08. The number of nitrogens with one attached hydrogen (secondary N) is 3. The van der Waals surface area contributed by atoms with Crippen molar-refractivity contribution in [1.29, 1.82) is 0 Å². The Hall–Kier alpha value is -3.69. The highest BCUT2D eigenvalue weighted by Crippen LogP contribution is 2.20. The second kappa shape index (κ2) is 15.7. The van der Waals surface area contributed by atoms with Crippen LogP contribution in [0.3, 0.4) is 0 Å². The molecule has 1 aromatic heterocycles. The summed E-state index contributed by atoms with van der Waals surface area (Å²) < 4.78 is 10.3. The summed E-state index contributed by atoms with van der Waals surface area (Å²) in [7, 11) is 1.30. The van der Waals surface area contributed by atoms with Gasteiger partial charge >= 0.3 is 11.9 Å². The highest BCUT2D eigenvalue weighted by molar-refractivity contribution is 5.89. The van der Waals surface area contributed by atoms with Gasteiger partial charge in [-0.3, -0.25) is 14.9 Å². The van der Waals surface area contributed by atoms with E-state index >= 15 is 0 Å². The van der Waals surface area contributed by atoms with Crippen molar-refractivity contribution in [2.75, 3.05) is 20.3 Å². The lowest BCUT2D eigenvalue weighted by Gasteiger charge is -2.26. The van der Waals surface area contributed by atoms with Crippen LogP contribution >= 0.6 is 0 Å². The van der Waals surface area contributed by atoms with Gasteiger partial charge in [-0.05, 0) is 56.3 Å². The van der Waals surface area contributed by atoms with Gasteiger partial charge in [-0.15, -0.1) is 0 Å². The van der Waals surface area contributed by atoms with E-state index in [1.165, 1.54) is 7.11 Å². The van der Waals surface area contributed by atoms with Crippen LogP contribution in [0.1, 0.15) is 43.7 Å². The number of rotatable bonds is 16. The van der Waals surface area contributed by atoms with Crippen molar-refractivity contribution >= 4 is 28.7 Å². The summed E-state index contributed by atoms with van der Waals surface area (Å²) in [6, 6.07) is 15.3. The van der Waals surface area contributed by atoms with E-state index in [0.717, 1.165) is 28.5 Å². The maximum absolute atomic E-state index is 13.6. The number of aromatic amines is 1. The third-order valence-corrected chi connectivity index (χ3v) is 6.70. The average Bonchev–Trinajstić information content (AvgIpc) is 3.36. The summed E-state index contributed by atoms with van der Waals surface area (Å²) in [5.41, 5.74) is 8.61. The molecule has 0 unspecified atom stereocenters. The Morgan fingerprint density at radius 3 is 2.38 bits per heavy atom. The fourth-order valence-electron chi connectivity index (χ4n) is 4.62. The quantitative estimate of drug-likeness (QED) is 0.163. The molecule has 0 aliphatic carbocycles. The molecule has 1 heterocycles. The highest BCUT2D eigenvalue weighted by Gasteiger charge is 2.30. The first kappa shape index (κ1) is 29.9. The van der Waals surface area contributed by atoms with Gasteiger partial charge < -0.3 is 25.5 Å². The minimum Gasteiger partial charge on any atom is -0.467 e. The summed E-state index contributed by atoms with van der Waals surface area (Å²) in [4.78, 5) is 42.3. The van der Waals surface area contributed by atoms with Crippen LogP contribution in [0.5, 0.6) is 0 Å². The predicted octanol–water partition coefficient (Wildman–Crippen LogP) is 3.02. The van der Waals surface area contributed by atoms with E-state index in [4.69, 9.17) is 15.2 Å². The van der Waals surface area contributed by atoms with Gasteiger partial charge in [-0.2, -0.15) is 0 Å². The van der Waals surface area contributed by atoms with Crippen LogP contribution < -0.4 is 16.4 Å².